The van der Waals surface area contributed by atoms with E-state index in [2.05, 4.69) is 26.2 Å². The monoisotopic (exact) mass is 212 g/mol. The van der Waals surface area contributed by atoms with Crippen LogP contribution in [0.2, 0.25) is 0 Å². The highest BCUT2D eigenvalue weighted by Crippen LogP contribution is 2.46. The Morgan fingerprint density at radius 1 is 1.27 bits per heavy atom. The van der Waals surface area contributed by atoms with Crippen LogP contribution < -0.4 is 11.3 Å². The topological polar surface area (TPSA) is 38.0 Å². The fourth-order valence-electron chi connectivity index (χ4n) is 3.53. The van der Waals surface area contributed by atoms with Crippen LogP contribution in [-0.4, -0.2) is 6.04 Å². The average Bonchev–Trinajstić information content (AvgIpc) is 2.69. The van der Waals surface area contributed by atoms with E-state index in [4.69, 9.17) is 5.84 Å². The summed E-state index contributed by atoms with van der Waals surface area (Å²) in [6.07, 6.45) is 9.35. The van der Waals surface area contributed by atoms with Crippen molar-refractivity contribution in [2.75, 3.05) is 0 Å². The SMILES string of the molecule is CCCC(C)C(NN)C1(CC)CCCC1. The molecule has 2 unspecified atom stereocenters. The Morgan fingerprint density at radius 2 is 1.87 bits per heavy atom. The van der Waals surface area contributed by atoms with Crippen molar-refractivity contribution in [2.24, 2.45) is 17.2 Å². The van der Waals surface area contributed by atoms with Crippen molar-refractivity contribution >= 4 is 0 Å². The molecule has 3 N–H and O–H groups in total. The highest BCUT2D eigenvalue weighted by atomic mass is 15.2. The first kappa shape index (κ1) is 13.0. The Labute approximate surface area is 95.0 Å². The summed E-state index contributed by atoms with van der Waals surface area (Å²) in [6, 6.07) is 0.518. The van der Waals surface area contributed by atoms with Gasteiger partial charge in [0.1, 0.15) is 0 Å². The highest BCUT2D eigenvalue weighted by Gasteiger charge is 2.41. The summed E-state index contributed by atoms with van der Waals surface area (Å²) in [5, 5.41) is 0. The Hall–Kier alpha value is -0.0800. The third-order valence-corrected chi connectivity index (χ3v) is 4.46. The van der Waals surface area contributed by atoms with E-state index in [1.54, 1.807) is 0 Å². The summed E-state index contributed by atoms with van der Waals surface area (Å²) in [4.78, 5) is 0. The van der Waals surface area contributed by atoms with Gasteiger partial charge in [-0.05, 0) is 37.0 Å². The zero-order valence-corrected chi connectivity index (χ0v) is 10.7. The van der Waals surface area contributed by atoms with Gasteiger partial charge in [-0.2, -0.15) is 0 Å². The van der Waals surface area contributed by atoms with E-state index in [0.29, 0.717) is 17.4 Å². The summed E-state index contributed by atoms with van der Waals surface area (Å²) < 4.78 is 0. The van der Waals surface area contributed by atoms with Crippen LogP contribution in [-0.2, 0) is 0 Å². The van der Waals surface area contributed by atoms with E-state index in [9.17, 15) is 0 Å². The summed E-state index contributed by atoms with van der Waals surface area (Å²) in [6.45, 7) is 6.94. The van der Waals surface area contributed by atoms with Crippen LogP contribution in [0.5, 0.6) is 0 Å². The number of hydrogen-bond donors (Lipinski definition) is 2. The fraction of sp³-hybridized carbons (Fsp3) is 1.00. The molecule has 2 heteroatoms. The molecule has 0 saturated heterocycles. The second-order valence-electron chi connectivity index (χ2n) is 5.33. The lowest BCUT2D eigenvalue weighted by Gasteiger charge is -2.40. The van der Waals surface area contributed by atoms with Crippen molar-refractivity contribution in [1.29, 1.82) is 0 Å². The standard InChI is InChI=1S/C13H28N2/c1-4-8-11(3)12(15-14)13(5-2)9-6-7-10-13/h11-12,15H,4-10,14H2,1-3H3. The van der Waals surface area contributed by atoms with Crippen molar-refractivity contribution in [3.8, 4) is 0 Å². The van der Waals surface area contributed by atoms with E-state index < -0.39 is 0 Å². The van der Waals surface area contributed by atoms with Gasteiger partial charge in [-0.25, -0.2) is 0 Å². The Morgan fingerprint density at radius 3 is 2.27 bits per heavy atom. The predicted octanol–water partition coefficient (Wildman–Crippen LogP) is 3.22. The van der Waals surface area contributed by atoms with Crippen LogP contribution >= 0.6 is 0 Å². The Kier molecular flexibility index (Phi) is 5.07. The molecular weight excluding hydrogens is 184 g/mol. The van der Waals surface area contributed by atoms with Crippen LogP contribution in [0, 0.1) is 11.3 Å². The molecule has 90 valence electrons. The van der Waals surface area contributed by atoms with E-state index in [1.165, 1.54) is 44.9 Å². The lowest BCUT2D eigenvalue weighted by molar-refractivity contribution is 0.134. The van der Waals surface area contributed by atoms with Crippen LogP contribution in [0.1, 0.15) is 65.7 Å². The lowest BCUT2D eigenvalue weighted by Crippen LogP contribution is -2.51. The van der Waals surface area contributed by atoms with Crippen molar-refractivity contribution in [1.82, 2.24) is 5.43 Å². The molecule has 1 saturated carbocycles. The molecular formula is C13H28N2. The number of hydrogen-bond acceptors (Lipinski definition) is 2. The van der Waals surface area contributed by atoms with Gasteiger partial charge in [0.15, 0.2) is 0 Å². The second-order valence-corrected chi connectivity index (χ2v) is 5.33. The Balaban J connectivity index is 2.69. The highest BCUT2D eigenvalue weighted by molar-refractivity contribution is 4.95. The minimum absolute atomic E-state index is 0.489. The average molecular weight is 212 g/mol. The molecule has 1 aliphatic carbocycles. The van der Waals surface area contributed by atoms with Gasteiger partial charge >= 0.3 is 0 Å². The van der Waals surface area contributed by atoms with E-state index in [-0.39, 0.29) is 0 Å². The summed E-state index contributed by atoms with van der Waals surface area (Å²) >= 11 is 0. The first-order valence-electron chi connectivity index (χ1n) is 6.66. The molecule has 0 aliphatic heterocycles. The van der Waals surface area contributed by atoms with Gasteiger partial charge in [0, 0.05) is 6.04 Å². The van der Waals surface area contributed by atoms with E-state index in [0.717, 1.165) is 0 Å². The quantitative estimate of drug-likeness (QED) is 0.524. The van der Waals surface area contributed by atoms with Gasteiger partial charge < -0.3 is 0 Å². The maximum Gasteiger partial charge on any atom is 0.0292 e. The van der Waals surface area contributed by atoms with Crippen molar-refractivity contribution in [3.63, 3.8) is 0 Å². The molecule has 1 rings (SSSR count). The molecule has 2 atom stereocenters. The van der Waals surface area contributed by atoms with Crippen LogP contribution in [0.3, 0.4) is 0 Å². The molecule has 0 bridgehead atoms. The second kappa shape index (κ2) is 5.86. The molecule has 0 radical (unpaired) electrons. The first-order chi connectivity index (χ1) is 7.20. The largest absolute Gasteiger partial charge is 0.271 e. The zero-order chi connectivity index (χ0) is 11.3. The summed E-state index contributed by atoms with van der Waals surface area (Å²) in [5.41, 5.74) is 3.61. The number of rotatable bonds is 6. The molecule has 0 heterocycles. The van der Waals surface area contributed by atoms with Crippen LogP contribution in [0.4, 0.5) is 0 Å². The Bertz CT molecular complexity index is 173. The van der Waals surface area contributed by atoms with Gasteiger partial charge in [0.25, 0.3) is 0 Å². The van der Waals surface area contributed by atoms with Gasteiger partial charge in [-0.15, -0.1) is 0 Å². The fourth-order valence-corrected chi connectivity index (χ4v) is 3.53. The van der Waals surface area contributed by atoms with E-state index >= 15 is 0 Å². The van der Waals surface area contributed by atoms with Gasteiger partial charge in [-0.3, -0.25) is 11.3 Å². The maximum atomic E-state index is 5.79. The summed E-state index contributed by atoms with van der Waals surface area (Å²) in [7, 11) is 0. The molecule has 0 spiro atoms. The molecule has 2 nitrogen and oxygen atoms in total. The molecule has 1 fully saturated rings. The molecule has 0 aromatic carbocycles. The third-order valence-electron chi connectivity index (χ3n) is 4.46. The molecule has 0 aromatic rings. The third kappa shape index (κ3) is 2.73. The smallest absolute Gasteiger partial charge is 0.0292 e. The zero-order valence-electron chi connectivity index (χ0n) is 10.7. The summed E-state index contributed by atoms with van der Waals surface area (Å²) in [5.74, 6) is 6.50. The predicted molar refractivity (Wildman–Crippen MR) is 66.4 cm³/mol. The molecule has 0 amide bonds. The van der Waals surface area contributed by atoms with Gasteiger partial charge in [0.05, 0.1) is 0 Å². The van der Waals surface area contributed by atoms with Gasteiger partial charge in [-0.1, -0.05) is 40.0 Å². The normalized spacial score (nSPS) is 24.0. The van der Waals surface area contributed by atoms with Crippen molar-refractivity contribution < 1.29 is 0 Å². The molecule has 15 heavy (non-hydrogen) atoms. The van der Waals surface area contributed by atoms with Gasteiger partial charge in [0.2, 0.25) is 0 Å². The van der Waals surface area contributed by atoms with Crippen LogP contribution in [0.15, 0.2) is 0 Å². The number of hydrazine groups is 1. The lowest BCUT2D eigenvalue weighted by atomic mass is 9.71. The van der Waals surface area contributed by atoms with Crippen molar-refractivity contribution in [2.45, 2.75) is 71.8 Å². The number of nitrogens with two attached hydrogens (primary N) is 1. The minimum atomic E-state index is 0.489. The molecule has 1 aliphatic rings. The van der Waals surface area contributed by atoms with Crippen molar-refractivity contribution in [3.05, 3.63) is 0 Å². The maximum absolute atomic E-state index is 5.79. The van der Waals surface area contributed by atoms with E-state index in [1.807, 2.05) is 0 Å². The number of nitrogens with one attached hydrogen (secondary N) is 1. The molecule has 0 aromatic heterocycles. The first-order valence-corrected chi connectivity index (χ1v) is 6.66. The minimum Gasteiger partial charge on any atom is -0.271 e. The van der Waals surface area contributed by atoms with Crippen LogP contribution in [0.25, 0.3) is 0 Å².